The Morgan fingerprint density at radius 2 is 1.69 bits per heavy atom. The molecule has 2 aromatic carbocycles. The monoisotopic (exact) mass is 452 g/mol. The van der Waals surface area contributed by atoms with Gasteiger partial charge >= 0.3 is 0 Å². The summed E-state index contributed by atoms with van der Waals surface area (Å²) in [5.41, 5.74) is 1.75. The molecule has 0 saturated heterocycles. The molecule has 1 N–H and O–H groups in total. The molecular formula is C24H24N2O5S. The van der Waals surface area contributed by atoms with Crippen LogP contribution in [0.15, 0.2) is 53.9 Å². The van der Waals surface area contributed by atoms with E-state index in [0.717, 1.165) is 4.88 Å². The van der Waals surface area contributed by atoms with Gasteiger partial charge in [-0.2, -0.15) is 0 Å². The van der Waals surface area contributed by atoms with Gasteiger partial charge in [-0.3, -0.25) is 9.59 Å². The lowest BCUT2D eigenvalue weighted by atomic mass is 9.81. The SMILES string of the molecule is COc1cc(NC(=O)[C@@H]2c3ccccc3C(=O)N(C)[C@@H]2c2cccs2)cc(OC)c1OC. The van der Waals surface area contributed by atoms with Gasteiger partial charge in [-0.1, -0.05) is 24.3 Å². The summed E-state index contributed by atoms with van der Waals surface area (Å²) in [7, 11) is 6.31. The number of methoxy groups -OCH3 is 3. The first-order chi connectivity index (χ1) is 15.5. The Labute approximate surface area is 190 Å². The maximum Gasteiger partial charge on any atom is 0.254 e. The molecule has 0 spiro atoms. The molecule has 0 radical (unpaired) electrons. The molecule has 1 aliphatic rings. The van der Waals surface area contributed by atoms with Gasteiger partial charge < -0.3 is 24.4 Å². The molecule has 0 aliphatic carbocycles. The van der Waals surface area contributed by atoms with Crippen molar-refractivity contribution in [1.82, 2.24) is 4.90 Å². The first-order valence-electron chi connectivity index (χ1n) is 10.0. The fourth-order valence-corrected chi connectivity index (χ4v) is 5.05. The van der Waals surface area contributed by atoms with Crippen LogP contribution in [0.4, 0.5) is 5.69 Å². The molecule has 2 amide bonds. The molecule has 2 heterocycles. The van der Waals surface area contributed by atoms with E-state index in [9.17, 15) is 9.59 Å². The van der Waals surface area contributed by atoms with Gasteiger partial charge in [0.05, 0.1) is 33.3 Å². The third-order valence-corrected chi connectivity index (χ3v) is 6.57. The van der Waals surface area contributed by atoms with Crippen molar-refractivity contribution in [1.29, 1.82) is 0 Å². The summed E-state index contributed by atoms with van der Waals surface area (Å²) < 4.78 is 16.2. The van der Waals surface area contributed by atoms with Gasteiger partial charge in [-0.15, -0.1) is 11.3 Å². The Balaban J connectivity index is 1.77. The van der Waals surface area contributed by atoms with E-state index in [1.165, 1.54) is 32.7 Å². The Morgan fingerprint density at radius 1 is 1.00 bits per heavy atom. The molecule has 0 bridgehead atoms. The van der Waals surface area contributed by atoms with Crippen LogP contribution < -0.4 is 19.5 Å². The molecule has 1 aliphatic heterocycles. The maximum absolute atomic E-state index is 13.7. The zero-order valence-electron chi connectivity index (χ0n) is 18.2. The zero-order chi connectivity index (χ0) is 22.8. The van der Waals surface area contributed by atoms with E-state index in [2.05, 4.69) is 5.32 Å². The van der Waals surface area contributed by atoms with Crippen LogP contribution in [-0.2, 0) is 4.79 Å². The Morgan fingerprint density at radius 3 is 2.28 bits per heavy atom. The highest BCUT2D eigenvalue weighted by Gasteiger charge is 2.43. The van der Waals surface area contributed by atoms with Gasteiger partial charge in [0.1, 0.15) is 0 Å². The summed E-state index contributed by atoms with van der Waals surface area (Å²) in [6.07, 6.45) is 0. The summed E-state index contributed by atoms with van der Waals surface area (Å²) in [5.74, 6) is 0.395. The number of rotatable bonds is 6. The fourth-order valence-electron chi connectivity index (χ4n) is 4.15. The van der Waals surface area contributed by atoms with Crippen molar-refractivity contribution >= 4 is 28.8 Å². The van der Waals surface area contributed by atoms with Gasteiger partial charge in [-0.05, 0) is 23.1 Å². The van der Waals surface area contributed by atoms with Crippen molar-refractivity contribution in [2.45, 2.75) is 12.0 Å². The first-order valence-corrected chi connectivity index (χ1v) is 10.9. The van der Waals surface area contributed by atoms with E-state index in [-0.39, 0.29) is 11.8 Å². The van der Waals surface area contributed by atoms with Crippen LogP contribution in [0.5, 0.6) is 17.2 Å². The first kappa shape index (κ1) is 21.7. The van der Waals surface area contributed by atoms with Crippen molar-refractivity contribution in [2.75, 3.05) is 33.7 Å². The number of ether oxygens (including phenoxy) is 3. The summed E-state index contributed by atoms with van der Waals surface area (Å²) in [5, 5.41) is 4.94. The van der Waals surface area contributed by atoms with Gasteiger partial charge in [0, 0.05) is 35.3 Å². The summed E-state index contributed by atoms with van der Waals surface area (Å²) in [4.78, 5) is 29.3. The van der Waals surface area contributed by atoms with Gasteiger partial charge in [0.15, 0.2) is 11.5 Å². The average molecular weight is 453 g/mol. The molecule has 1 aromatic heterocycles. The second-order valence-electron chi connectivity index (χ2n) is 7.34. The Kier molecular flexibility index (Phi) is 6.05. The maximum atomic E-state index is 13.7. The molecule has 8 heteroatoms. The lowest BCUT2D eigenvalue weighted by Crippen LogP contribution is -2.43. The fraction of sp³-hybridized carbons (Fsp3) is 0.250. The summed E-state index contributed by atoms with van der Waals surface area (Å²) in [6.45, 7) is 0. The molecular weight excluding hydrogens is 428 g/mol. The molecule has 32 heavy (non-hydrogen) atoms. The van der Waals surface area contributed by atoms with Crippen LogP contribution in [0, 0.1) is 0 Å². The molecule has 166 valence electrons. The highest BCUT2D eigenvalue weighted by atomic mass is 32.1. The number of thiophene rings is 1. The lowest BCUT2D eigenvalue weighted by molar-refractivity contribution is -0.119. The number of anilines is 1. The van der Waals surface area contributed by atoms with Crippen molar-refractivity contribution in [3.05, 3.63) is 69.9 Å². The minimum atomic E-state index is -0.591. The van der Waals surface area contributed by atoms with Crippen LogP contribution >= 0.6 is 11.3 Å². The quantitative estimate of drug-likeness (QED) is 0.603. The number of benzene rings is 2. The second kappa shape index (κ2) is 8.92. The molecule has 0 fully saturated rings. The number of fused-ring (bicyclic) bond motifs is 1. The van der Waals surface area contributed by atoms with E-state index in [1.807, 2.05) is 35.7 Å². The van der Waals surface area contributed by atoms with E-state index in [0.29, 0.717) is 34.1 Å². The van der Waals surface area contributed by atoms with Crippen molar-refractivity contribution < 1.29 is 23.8 Å². The van der Waals surface area contributed by atoms with Crippen LogP contribution in [0.2, 0.25) is 0 Å². The third-order valence-electron chi connectivity index (χ3n) is 5.63. The molecule has 7 nitrogen and oxygen atoms in total. The number of nitrogens with one attached hydrogen (secondary N) is 1. The number of hydrogen-bond donors (Lipinski definition) is 1. The number of carbonyl (C=O) groups is 2. The predicted molar refractivity (Wildman–Crippen MR) is 123 cm³/mol. The van der Waals surface area contributed by atoms with Crippen LogP contribution in [0.1, 0.15) is 32.8 Å². The molecule has 4 rings (SSSR count). The molecule has 2 atom stereocenters. The van der Waals surface area contributed by atoms with Gasteiger partial charge in [0.2, 0.25) is 11.7 Å². The van der Waals surface area contributed by atoms with Crippen molar-refractivity contribution in [2.24, 2.45) is 0 Å². The van der Waals surface area contributed by atoms with Crippen LogP contribution in [0.3, 0.4) is 0 Å². The number of carbonyl (C=O) groups excluding carboxylic acids is 2. The molecule has 3 aromatic rings. The number of nitrogens with zero attached hydrogens (tertiary/aromatic N) is 1. The molecule has 0 saturated carbocycles. The molecule has 0 unspecified atom stereocenters. The van der Waals surface area contributed by atoms with Crippen LogP contribution in [0.25, 0.3) is 0 Å². The topological polar surface area (TPSA) is 77.1 Å². The van der Waals surface area contributed by atoms with Crippen molar-refractivity contribution in [3.63, 3.8) is 0 Å². The Hall–Kier alpha value is -3.52. The predicted octanol–water partition coefficient (Wildman–Crippen LogP) is 4.32. The average Bonchev–Trinajstić information content (AvgIpc) is 3.34. The van der Waals surface area contributed by atoms with Gasteiger partial charge in [0.25, 0.3) is 5.91 Å². The zero-order valence-corrected chi connectivity index (χ0v) is 19.1. The standard InChI is InChI=1S/C24H24N2O5S/c1-26-21(19-10-7-11-32-19)20(15-8-5-6-9-16(15)24(26)28)23(27)25-14-12-17(29-2)22(31-4)18(13-14)30-3/h5-13,20-21H,1-4H3,(H,25,27)/t20-,21-/m1/s1. The van der Waals surface area contributed by atoms with Crippen molar-refractivity contribution in [3.8, 4) is 17.2 Å². The highest BCUT2D eigenvalue weighted by molar-refractivity contribution is 7.10. The number of hydrogen-bond acceptors (Lipinski definition) is 6. The number of amides is 2. The van der Waals surface area contributed by atoms with Crippen LogP contribution in [-0.4, -0.2) is 45.1 Å². The van der Waals surface area contributed by atoms with E-state index in [1.54, 1.807) is 30.1 Å². The minimum Gasteiger partial charge on any atom is -0.493 e. The normalized spacial score (nSPS) is 17.5. The Bertz CT molecular complexity index is 1120. The third kappa shape index (κ3) is 3.67. The van der Waals surface area contributed by atoms with Gasteiger partial charge in [-0.25, -0.2) is 0 Å². The smallest absolute Gasteiger partial charge is 0.254 e. The highest BCUT2D eigenvalue weighted by Crippen LogP contribution is 2.45. The lowest BCUT2D eigenvalue weighted by Gasteiger charge is -2.39. The number of likely N-dealkylation sites (N-methyl/N-ethyl adjacent to an activating group) is 1. The summed E-state index contributed by atoms with van der Waals surface area (Å²) >= 11 is 1.52. The minimum absolute atomic E-state index is 0.101. The largest absolute Gasteiger partial charge is 0.493 e. The second-order valence-corrected chi connectivity index (χ2v) is 8.32. The summed E-state index contributed by atoms with van der Waals surface area (Å²) in [6, 6.07) is 14.1. The van der Waals surface area contributed by atoms with E-state index >= 15 is 0 Å². The van der Waals surface area contributed by atoms with E-state index < -0.39 is 12.0 Å². The van der Waals surface area contributed by atoms with E-state index in [4.69, 9.17) is 14.2 Å².